The van der Waals surface area contributed by atoms with Crippen LogP contribution in [0.3, 0.4) is 0 Å². The maximum Gasteiger partial charge on any atom is 0.326 e. The van der Waals surface area contributed by atoms with E-state index in [4.69, 9.17) is 5.11 Å². The smallest absolute Gasteiger partial charge is 0.326 e. The molecular weight excluding hydrogens is 238 g/mol. The molecule has 2 N–H and O–H groups in total. The highest BCUT2D eigenvalue weighted by molar-refractivity contribution is 7.09. The average Bonchev–Trinajstić information content (AvgIpc) is 2.73. The Bertz CT molecular complexity index is 367. The van der Waals surface area contributed by atoms with Crippen LogP contribution in [0.4, 0.5) is 5.13 Å². The van der Waals surface area contributed by atoms with E-state index in [1.807, 2.05) is 13.8 Å². The Morgan fingerprint density at radius 3 is 2.76 bits per heavy atom. The lowest BCUT2D eigenvalue weighted by molar-refractivity contribution is -0.139. The van der Waals surface area contributed by atoms with Crippen molar-refractivity contribution in [2.45, 2.75) is 46.1 Å². The Hall–Kier alpha value is -1.17. The van der Waals surface area contributed by atoms with Crippen molar-refractivity contribution in [3.63, 3.8) is 0 Å². The van der Waals surface area contributed by atoms with Gasteiger partial charge in [-0.15, -0.1) is 0 Å². The first-order chi connectivity index (χ1) is 8.08. The number of aryl methyl sites for hydroxylation is 1. The second kappa shape index (κ2) is 6.54. The molecule has 0 amide bonds. The van der Waals surface area contributed by atoms with Gasteiger partial charge < -0.3 is 10.4 Å². The van der Waals surface area contributed by atoms with Crippen LogP contribution in [0.2, 0.25) is 0 Å². The van der Waals surface area contributed by atoms with Gasteiger partial charge in [0.05, 0.1) is 0 Å². The van der Waals surface area contributed by atoms with Crippen molar-refractivity contribution in [1.82, 2.24) is 9.36 Å². The molecular formula is C11H19N3O2S. The largest absolute Gasteiger partial charge is 0.480 e. The summed E-state index contributed by atoms with van der Waals surface area (Å²) in [7, 11) is 0. The normalized spacial score (nSPS) is 14.3. The number of carboxylic acid groups (broad SMARTS) is 1. The first-order valence-corrected chi connectivity index (χ1v) is 6.67. The number of anilines is 1. The van der Waals surface area contributed by atoms with Crippen LogP contribution >= 0.6 is 11.5 Å². The summed E-state index contributed by atoms with van der Waals surface area (Å²) in [5.74, 6) is 0.00547. The van der Waals surface area contributed by atoms with Crippen molar-refractivity contribution in [3.05, 3.63) is 5.82 Å². The third-order valence-corrected chi connectivity index (χ3v) is 3.38. The number of nitrogens with zero attached hydrogens (tertiary/aromatic N) is 2. The van der Waals surface area contributed by atoms with Crippen LogP contribution in [0.5, 0.6) is 0 Å². The molecule has 0 unspecified atom stereocenters. The van der Waals surface area contributed by atoms with Gasteiger partial charge in [0, 0.05) is 18.0 Å². The molecule has 0 aliphatic carbocycles. The summed E-state index contributed by atoms with van der Waals surface area (Å²) in [6.45, 7) is 5.96. The lowest BCUT2D eigenvalue weighted by atomic mass is 10.00. The van der Waals surface area contributed by atoms with Gasteiger partial charge in [0.25, 0.3) is 0 Å². The topological polar surface area (TPSA) is 75.1 Å². The highest BCUT2D eigenvalue weighted by atomic mass is 32.1. The van der Waals surface area contributed by atoms with E-state index in [1.165, 1.54) is 11.5 Å². The lowest BCUT2D eigenvalue weighted by Gasteiger charge is -2.19. The summed E-state index contributed by atoms with van der Waals surface area (Å²) in [5, 5.41) is 12.7. The Kier molecular flexibility index (Phi) is 5.34. The molecule has 0 aliphatic rings. The van der Waals surface area contributed by atoms with E-state index in [-0.39, 0.29) is 5.92 Å². The minimum Gasteiger partial charge on any atom is -0.480 e. The molecule has 96 valence electrons. The van der Waals surface area contributed by atoms with Crippen LogP contribution in [0.1, 0.15) is 39.4 Å². The third-order valence-electron chi connectivity index (χ3n) is 2.70. The molecule has 1 rings (SSSR count). The molecule has 0 bridgehead atoms. The molecule has 6 heteroatoms. The summed E-state index contributed by atoms with van der Waals surface area (Å²) in [4.78, 5) is 15.4. The molecule has 1 aromatic rings. The van der Waals surface area contributed by atoms with Gasteiger partial charge in [0.2, 0.25) is 5.13 Å². The van der Waals surface area contributed by atoms with Gasteiger partial charge in [-0.1, -0.05) is 27.2 Å². The SMILES string of the molecule is CCCc1nsc(N[C@H](C(=O)O)[C@@H](C)CC)n1. The lowest BCUT2D eigenvalue weighted by Crippen LogP contribution is -2.35. The predicted octanol–water partition coefficient (Wildman–Crippen LogP) is 2.40. The molecule has 0 aromatic carbocycles. The number of carbonyl (C=O) groups is 1. The molecule has 0 spiro atoms. The standard InChI is InChI=1S/C11H19N3O2S/c1-4-6-8-12-11(17-14-8)13-9(10(15)16)7(3)5-2/h7,9H,4-6H2,1-3H3,(H,15,16)(H,12,13,14)/t7-,9-/m0/s1. The Balaban J connectivity index is 2.68. The molecule has 0 saturated carbocycles. The first kappa shape index (κ1) is 13.9. The number of nitrogens with one attached hydrogen (secondary N) is 1. The van der Waals surface area contributed by atoms with Crippen LogP contribution in [-0.2, 0) is 11.2 Å². The van der Waals surface area contributed by atoms with Crippen LogP contribution in [0.25, 0.3) is 0 Å². The van der Waals surface area contributed by atoms with Crippen molar-refractivity contribution in [3.8, 4) is 0 Å². The number of carboxylic acids is 1. The summed E-state index contributed by atoms with van der Waals surface area (Å²) < 4.78 is 4.18. The second-order valence-corrected chi connectivity index (χ2v) is 4.86. The molecule has 5 nitrogen and oxygen atoms in total. The molecule has 0 fully saturated rings. The van der Waals surface area contributed by atoms with Crippen molar-refractivity contribution in [2.75, 3.05) is 5.32 Å². The third kappa shape index (κ3) is 3.96. The quantitative estimate of drug-likeness (QED) is 0.784. The van der Waals surface area contributed by atoms with Crippen LogP contribution in [0.15, 0.2) is 0 Å². The highest BCUT2D eigenvalue weighted by Crippen LogP contribution is 2.18. The molecule has 17 heavy (non-hydrogen) atoms. The molecule has 2 atom stereocenters. The van der Waals surface area contributed by atoms with E-state index >= 15 is 0 Å². The van der Waals surface area contributed by atoms with Crippen molar-refractivity contribution in [2.24, 2.45) is 5.92 Å². The minimum atomic E-state index is -0.841. The van der Waals surface area contributed by atoms with Gasteiger partial charge in [0.15, 0.2) is 0 Å². The number of hydrogen-bond donors (Lipinski definition) is 2. The summed E-state index contributed by atoms with van der Waals surface area (Å²) in [5.41, 5.74) is 0. The summed E-state index contributed by atoms with van der Waals surface area (Å²) in [6.07, 6.45) is 2.63. The van der Waals surface area contributed by atoms with Crippen LogP contribution in [0, 0.1) is 5.92 Å². The summed E-state index contributed by atoms with van der Waals surface area (Å²) in [6, 6.07) is -0.595. The number of rotatable bonds is 7. The summed E-state index contributed by atoms with van der Waals surface area (Å²) >= 11 is 1.23. The zero-order valence-corrected chi connectivity index (χ0v) is 11.3. The van der Waals surface area contributed by atoms with E-state index in [9.17, 15) is 4.79 Å². The van der Waals surface area contributed by atoms with Crippen LogP contribution < -0.4 is 5.32 Å². The number of hydrogen-bond acceptors (Lipinski definition) is 5. The molecule has 0 aliphatic heterocycles. The monoisotopic (exact) mass is 257 g/mol. The van der Waals surface area contributed by atoms with E-state index < -0.39 is 12.0 Å². The predicted molar refractivity (Wildman–Crippen MR) is 68.4 cm³/mol. The van der Waals surface area contributed by atoms with Gasteiger partial charge in [-0.3, -0.25) is 0 Å². The van der Waals surface area contributed by atoms with Crippen molar-refractivity contribution < 1.29 is 9.90 Å². The van der Waals surface area contributed by atoms with E-state index in [0.717, 1.165) is 25.1 Å². The minimum absolute atomic E-state index is 0.0611. The maximum absolute atomic E-state index is 11.1. The zero-order chi connectivity index (χ0) is 12.8. The van der Waals surface area contributed by atoms with E-state index in [2.05, 4.69) is 21.6 Å². The highest BCUT2D eigenvalue weighted by Gasteiger charge is 2.24. The molecule has 0 saturated heterocycles. The van der Waals surface area contributed by atoms with Gasteiger partial charge >= 0.3 is 5.97 Å². The van der Waals surface area contributed by atoms with Gasteiger partial charge in [-0.05, 0) is 12.3 Å². The van der Waals surface area contributed by atoms with E-state index in [1.54, 1.807) is 0 Å². The maximum atomic E-state index is 11.1. The van der Waals surface area contributed by atoms with Crippen LogP contribution in [-0.4, -0.2) is 26.5 Å². The molecule has 1 heterocycles. The fourth-order valence-corrected chi connectivity index (χ4v) is 2.10. The fraction of sp³-hybridized carbons (Fsp3) is 0.727. The van der Waals surface area contributed by atoms with E-state index in [0.29, 0.717) is 5.13 Å². The fourth-order valence-electron chi connectivity index (χ4n) is 1.45. The first-order valence-electron chi connectivity index (χ1n) is 5.90. The van der Waals surface area contributed by atoms with Crippen molar-refractivity contribution >= 4 is 22.6 Å². The Morgan fingerprint density at radius 1 is 1.53 bits per heavy atom. The van der Waals surface area contributed by atoms with Crippen molar-refractivity contribution in [1.29, 1.82) is 0 Å². The molecule has 1 aromatic heterocycles. The van der Waals surface area contributed by atoms with Gasteiger partial charge in [-0.2, -0.15) is 4.37 Å². The average molecular weight is 257 g/mol. The number of aromatic nitrogens is 2. The van der Waals surface area contributed by atoms with Gasteiger partial charge in [0.1, 0.15) is 11.9 Å². The second-order valence-electron chi connectivity index (χ2n) is 4.11. The number of aliphatic carboxylic acids is 1. The molecule has 0 radical (unpaired) electrons. The Morgan fingerprint density at radius 2 is 2.24 bits per heavy atom. The Labute approximate surface area is 105 Å². The van der Waals surface area contributed by atoms with Gasteiger partial charge in [-0.25, -0.2) is 9.78 Å². The zero-order valence-electron chi connectivity index (χ0n) is 10.4.